The molecule has 0 saturated carbocycles. The van der Waals surface area contributed by atoms with Crippen molar-refractivity contribution >= 4 is 17.9 Å². The fourth-order valence-corrected chi connectivity index (χ4v) is 2.62. The van der Waals surface area contributed by atoms with Gasteiger partial charge in [0.1, 0.15) is 17.4 Å². The summed E-state index contributed by atoms with van der Waals surface area (Å²) in [7, 11) is 1.57. The van der Waals surface area contributed by atoms with Crippen molar-refractivity contribution in [3.8, 4) is 28.8 Å². The van der Waals surface area contributed by atoms with Crippen molar-refractivity contribution in [2.75, 3.05) is 7.11 Å². The van der Waals surface area contributed by atoms with E-state index in [0.29, 0.717) is 27.7 Å². The van der Waals surface area contributed by atoms with E-state index in [9.17, 15) is 10.1 Å². The average Bonchev–Trinajstić information content (AvgIpc) is 3.00. The van der Waals surface area contributed by atoms with E-state index in [1.165, 1.54) is 4.68 Å². The molecule has 0 N–H and O–H groups in total. The third-order valence-electron chi connectivity index (χ3n) is 3.54. The third kappa shape index (κ3) is 2.64. The van der Waals surface area contributed by atoms with Crippen LogP contribution >= 0.6 is 11.6 Å². The molecule has 0 amide bonds. The van der Waals surface area contributed by atoms with Crippen LogP contribution in [0.4, 0.5) is 0 Å². The monoisotopic (exact) mass is 336 g/mol. The number of aromatic nitrogens is 2. The molecule has 0 bridgehead atoms. The van der Waals surface area contributed by atoms with E-state index in [1.54, 1.807) is 61.9 Å². The lowest BCUT2D eigenvalue weighted by molar-refractivity contribution is 0.415. The van der Waals surface area contributed by atoms with E-state index in [2.05, 4.69) is 5.10 Å². The molecule has 0 aliphatic heterocycles. The lowest BCUT2D eigenvalue weighted by Gasteiger charge is -2.10. The number of hydrogen-bond donors (Lipinski definition) is 0. The molecule has 117 valence electrons. The van der Waals surface area contributed by atoms with E-state index in [1.807, 2.05) is 6.07 Å². The summed E-state index contributed by atoms with van der Waals surface area (Å²) in [5.74, 6) is 0.684. The smallest absolute Gasteiger partial charge is 0.256 e. The zero-order chi connectivity index (χ0) is 17.1. The van der Waals surface area contributed by atoms with Crippen LogP contribution in [0, 0.1) is 11.3 Å². The molecule has 0 fully saturated rings. The predicted molar refractivity (Wildman–Crippen MR) is 90.1 cm³/mol. The molecule has 0 saturated heterocycles. The number of nitrogens with zero attached hydrogens (tertiary/aromatic N) is 3. The molecular formula is C18H11ClN3O2. The van der Waals surface area contributed by atoms with Crippen molar-refractivity contribution < 1.29 is 9.53 Å². The minimum Gasteiger partial charge on any atom is -0.497 e. The van der Waals surface area contributed by atoms with Gasteiger partial charge in [0.05, 0.1) is 23.5 Å². The summed E-state index contributed by atoms with van der Waals surface area (Å²) >= 11 is 6.25. The van der Waals surface area contributed by atoms with Crippen LogP contribution in [0.3, 0.4) is 0 Å². The molecule has 1 heterocycles. The second-order valence-electron chi connectivity index (χ2n) is 4.88. The third-order valence-corrected chi connectivity index (χ3v) is 3.86. The molecule has 3 rings (SSSR count). The summed E-state index contributed by atoms with van der Waals surface area (Å²) in [5, 5.41) is 14.1. The van der Waals surface area contributed by atoms with Gasteiger partial charge in [-0.2, -0.15) is 10.4 Å². The normalized spacial score (nSPS) is 10.2. The number of rotatable bonds is 4. The fourth-order valence-electron chi connectivity index (χ4n) is 2.41. The number of hydrogen-bond acceptors (Lipinski definition) is 4. The van der Waals surface area contributed by atoms with Crippen LogP contribution in [0.2, 0.25) is 5.02 Å². The Morgan fingerprint density at radius 2 is 1.88 bits per heavy atom. The lowest BCUT2D eigenvalue weighted by Crippen LogP contribution is -2.00. The Hall–Kier alpha value is -3.10. The van der Waals surface area contributed by atoms with Crippen LogP contribution in [0.1, 0.15) is 11.3 Å². The zero-order valence-corrected chi connectivity index (χ0v) is 13.4. The molecule has 24 heavy (non-hydrogen) atoms. The van der Waals surface area contributed by atoms with Crippen LogP contribution in [0.5, 0.6) is 5.75 Å². The van der Waals surface area contributed by atoms with Gasteiger partial charge in [0.2, 0.25) is 0 Å². The first kappa shape index (κ1) is 15.8. The molecule has 0 aliphatic rings. The quantitative estimate of drug-likeness (QED) is 0.731. The van der Waals surface area contributed by atoms with Gasteiger partial charge in [0, 0.05) is 5.56 Å². The number of methoxy groups -OCH3 is 1. The second kappa shape index (κ2) is 6.57. The molecule has 3 aromatic rings. The Morgan fingerprint density at radius 3 is 2.46 bits per heavy atom. The first-order valence-electron chi connectivity index (χ1n) is 7.00. The Morgan fingerprint density at radius 1 is 1.17 bits per heavy atom. The topological polar surface area (TPSA) is 67.9 Å². The molecule has 1 radical (unpaired) electrons. The van der Waals surface area contributed by atoms with Gasteiger partial charge in [0.15, 0.2) is 5.69 Å². The second-order valence-corrected chi connectivity index (χ2v) is 5.28. The highest BCUT2D eigenvalue weighted by atomic mass is 35.5. The standard InChI is InChI=1S/C18H11ClN3O2/c1-24-13-8-6-12(7-9-13)18-14(10-20)16(11-23)21-22(18)17-5-3-2-4-15(17)19/h2-9H,1H3. The summed E-state index contributed by atoms with van der Waals surface area (Å²) in [4.78, 5) is 11.2. The van der Waals surface area contributed by atoms with Gasteiger partial charge in [-0.1, -0.05) is 23.7 Å². The lowest BCUT2D eigenvalue weighted by atomic mass is 10.1. The number of carbonyl (C=O) groups excluding carboxylic acids is 1. The average molecular weight is 337 g/mol. The summed E-state index contributed by atoms with van der Waals surface area (Å²) in [6.45, 7) is 0. The molecular weight excluding hydrogens is 326 g/mol. The SMILES string of the molecule is COc1ccc(-c2c(C#N)c([C]=O)nn2-c2ccccc2Cl)cc1. The molecule has 0 aliphatic carbocycles. The molecule has 1 aromatic heterocycles. The molecule has 6 heteroatoms. The molecule has 0 spiro atoms. The predicted octanol–water partition coefficient (Wildman–Crippen LogP) is 3.53. The van der Waals surface area contributed by atoms with E-state index >= 15 is 0 Å². The minimum atomic E-state index is -0.0526. The molecule has 0 atom stereocenters. The maximum Gasteiger partial charge on any atom is 0.256 e. The van der Waals surface area contributed by atoms with Gasteiger partial charge >= 0.3 is 0 Å². The Bertz CT molecular complexity index is 940. The highest BCUT2D eigenvalue weighted by Crippen LogP contribution is 2.31. The van der Waals surface area contributed by atoms with Crippen LogP contribution in [-0.2, 0) is 4.79 Å². The highest BCUT2D eigenvalue weighted by molar-refractivity contribution is 6.32. The summed E-state index contributed by atoms with van der Waals surface area (Å²) in [6, 6.07) is 16.2. The van der Waals surface area contributed by atoms with Crippen molar-refractivity contribution in [1.29, 1.82) is 5.26 Å². The van der Waals surface area contributed by atoms with Crippen LogP contribution in [0.25, 0.3) is 16.9 Å². The minimum absolute atomic E-state index is 0.0526. The van der Waals surface area contributed by atoms with E-state index < -0.39 is 0 Å². The number of ether oxygens (including phenoxy) is 1. The largest absolute Gasteiger partial charge is 0.497 e. The number of halogens is 1. The van der Waals surface area contributed by atoms with E-state index in [0.717, 1.165) is 0 Å². The van der Waals surface area contributed by atoms with Crippen molar-refractivity contribution in [3.63, 3.8) is 0 Å². The summed E-state index contributed by atoms with van der Waals surface area (Å²) < 4.78 is 6.64. The van der Waals surface area contributed by atoms with Gasteiger partial charge in [-0.25, -0.2) is 4.68 Å². The number of para-hydroxylation sites is 1. The maximum absolute atomic E-state index is 11.2. The van der Waals surface area contributed by atoms with Gasteiger partial charge in [-0.15, -0.1) is 0 Å². The first-order chi connectivity index (χ1) is 11.7. The summed E-state index contributed by atoms with van der Waals surface area (Å²) in [5.41, 5.74) is 1.86. The van der Waals surface area contributed by atoms with Crippen molar-refractivity contribution in [2.24, 2.45) is 0 Å². The maximum atomic E-state index is 11.2. The Kier molecular flexibility index (Phi) is 4.32. The Labute approximate surface area is 143 Å². The first-order valence-corrected chi connectivity index (χ1v) is 7.38. The molecule has 2 aromatic carbocycles. The fraction of sp³-hybridized carbons (Fsp3) is 0.0556. The highest BCUT2D eigenvalue weighted by Gasteiger charge is 2.21. The van der Waals surface area contributed by atoms with Crippen molar-refractivity contribution in [1.82, 2.24) is 9.78 Å². The van der Waals surface area contributed by atoms with Crippen LogP contribution in [-0.4, -0.2) is 23.2 Å². The van der Waals surface area contributed by atoms with Gasteiger partial charge < -0.3 is 4.74 Å². The van der Waals surface area contributed by atoms with E-state index in [4.69, 9.17) is 16.3 Å². The van der Waals surface area contributed by atoms with Crippen molar-refractivity contribution in [3.05, 3.63) is 64.8 Å². The Balaban J connectivity index is 2.30. The number of benzene rings is 2. The van der Waals surface area contributed by atoms with Gasteiger partial charge in [0.25, 0.3) is 6.29 Å². The summed E-state index contributed by atoms with van der Waals surface area (Å²) in [6.07, 6.45) is 1.72. The van der Waals surface area contributed by atoms with Gasteiger partial charge in [-0.3, -0.25) is 4.79 Å². The van der Waals surface area contributed by atoms with Crippen LogP contribution in [0.15, 0.2) is 48.5 Å². The number of nitriles is 1. The molecule has 5 nitrogen and oxygen atoms in total. The van der Waals surface area contributed by atoms with E-state index in [-0.39, 0.29) is 11.3 Å². The zero-order valence-electron chi connectivity index (χ0n) is 12.7. The van der Waals surface area contributed by atoms with Crippen molar-refractivity contribution in [2.45, 2.75) is 0 Å². The van der Waals surface area contributed by atoms with Crippen LogP contribution < -0.4 is 4.74 Å². The molecule has 0 unspecified atom stereocenters. The van der Waals surface area contributed by atoms with Gasteiger partial charge in [-0.05, 0) is 36.4 Å².